The largest absolute Gasteiger partial charge is 0.497 e. The normalized spacial score (nSPS) is 20.9. The molecule has 0 radical (unpaired) electrons. The first-order valence-corrected chi connectivity index (χ1v) is 7.63. The molecule has 2 rings (SSSR count). The fourth-order valence-electron chi connectivity index (χ4n) is 1.96. The third-order valence-electron chi connectivity index (χ3n) is 3.10. The van der Waals surface area contributed by atoms with Gasteiger partial charge < -0.3 is 20.5 Å². The Morgan fingerprint density at radius 2 is 2.27 bits per heavy atom. The molecular weight excluding hydrogens is 308 g/mol. The Morgan fingerprint density at radius 1 is 1.50 bits per heavy atom. The van der Waals surface area contributed by atoms with E-state index in [1.165, 1.54) is 18.9 Å². The Labute approximate surface area is 131 Å². The highest BCUT2D eigenvalue weighted by Crippen LogP contribution is 2.22. The third-order valence-corrected chi connectivity index (χ3v) is 4.40. The standard InChI is InChI=1S/C14H16N2O5S/c1-21-9-4-2-3-8(5-9)15-12(17)6-11-13(18)16-10(7-22-11)14(19)20/h2-5,10-11H,6-7H2,1H3,(H,15,17)(H,16,18)(H,19,20). The molecular formula is C14H16N2O5S. The SMILES string of the molecule is COc1cccc(NC(=O)CC2SCC(C(=O)O)NC2=O)c1. The highest BCUT2D eigenvalue weighted by molar-refractivity contribution is 8.00. The van der Waals surface area contributed by atoms with Gasteiger partial charge in [0.2, 0.25) is 11.8 Å². The first kappa shape index (κ1) is 16.2. The van der Waals surface area contributed by atoms with Gasteiger partial charge in [-0.1, -0.05) is 6.07 Å². The van der Waals surface area contributed by atoms with Crippen LogP contribution in [0.2, 0.25) is 0 Å². The fourth-order valence-corrected chi connectivity index (χ4v) is 3.10. The monoisotopic (exact) mass is 324 g/mol. The van der Waals surface area contributed by atoms with Gasteiger partial charge in [0, 0.05) is 23.9 Å². The van der Waals surface area contributed by atoms with Gasteiger partial charge in [-0.3, -0.25) is 9.59 Å². The van der Waals surface area contributed by atoms with Crippen LogP contribution in [-0.2, 0) is 14.4 Å². The minimum atomic E-state index is -1.07. The van der Waals surface area contributed by atoms with Crippen molar-refractivity contribution in [3.63, 3.8) is 0 Å². The van der Waals surface area contributed by atoms with Crippen LogP contribution in [0, 0.1) is 0 Å². The number of nitrogens with one attached hydrogen (secondary N) is 2. The van der Waals surface area contributed by atoms with E-state index >= 15 is 0 Å². The number of rotatable bonds is 5. The van der Waals surface area contributed by atoms with Crippen LogP contribution < -0.4 is 15.4 Å². The smallest absolute Gasteiger partial charge is 0.327 e. The van der Waals surface area contributed by atoms with E-state index in [1.54, 1.807) is 24.3 Å². The number of carboxylic acids is 1. The zero-order chi connectivity index (χ0) is 16.1. The van der Waals surface area contributed by atoms with E-state index in [1.807, 2.05) is 0 Å². The zero-order valence-electron chi connectivity index (χ0n) is 11.9. The molecule has 7 nitrogen and oxygen atoms in total. The summed E-state index contributed by atoms with van der Waals surface area (Å²) in [5.74, 6) is -0.941. The van der Waals surface area contributed by atoms with Gasteiger partial charge in [-0.25, -0.2) is 4.79 Å². The van der Waals surface area contributed by atoms with E-state index in [0.29, 0.717) is 11.4 Å². The summed E-state index contributed by atoms with van der Waals surface area (Å²) in [6, 6.07) is 6.00. The van der Waals surface area contributed by atoms with Crippen LogP contribution >= 0.6 is 11.8 Å². The number of anilines is 1. The number of thioether (sulfide) groups is 1. The summed E-state index contributed by atoms with van der Waals surface area (Å²) < 4.78 is 5.06. The summed E-state index contributed by atoms with van der Waals surface area (Å²) >= 11 is 1.18. The van der Waals surface area contributed by atoms with Crippen molar-refractivity contribution >= 4 is 35.2 Å². The van der Waals surface area contributed by atoms with E-state index in [4.69, 9.17) is 9.84 Å². The second-order valence-corrected chi connectivity index (χ2v) is 5.94. The lowest BCUT2D eigenvalue weighted by molar-refractivity contribution is -0.141. The number of amides is 2. The van der Waals surface area contributed by atoms with Crippen LogP contribution in [0.15, 0.2) is 24.3 Å². The number of benzene rings is 1. The van der Waals surface area contributed by atoms with Crippen molar-refractivity contribution in [3.05, 3.63) is 24.3 Å². The van der Waals surface area contributed by atoms with Gasteiger partial charge in [-0.05, 0) is 12.1 Å². The van der Waals surface area contributed by atoms with Crippen molar-refractivity contribution in [2.75, 3.05) is 18.2 Å². The third kappa shape index (κ3) is 4.14. The first-order chi connectivity index (χ1) is 10.5. The maximum Gasteiger partial charge on any atom is 0.327 e. The van der Waals surface area contributed by atoms with Gasteiger partial charge in [0.25, 0.3) is 0 Å². The van der Waals surface area contributed by atoms with Gasteiger partial charge in [0.05, 0.1) is 12.4 Å². The molecule has 0 saturated carbocycles. The van der Waals surface area contributed by atoms with Crippen LogP contribution in [0.3, 0.4) is 0 Å². The molecule has 22 heavy (non-hydrogen) atoms. The van der Waals surface area contributed by atoms with E-state index in [2.05, 4.69) is 10.6 Å². The molecule has 118 valence electrons. The fraction of sp³-hybridized carbons (Fsp3) is 0.357. The number of hydrogen-bond donors (Lipinski definition) is 3. The molecule has 1 fully saturated rings. The van der Waals surface area contributed by atoms with Crippen LogP contribution in [0.25, 0.3) is 0 Å². The highest BCUT2D eigenvalue weighted by atomic mass is 32.2. The minimum Gasteiger partial charge on any atom is -0.497 e. The van der Waals surface area contributed by atoms with Crippen molar-refractivity contribution in [1.82, 2.24) is 5.32 Å². The number of carbonyl (C=O) groups is 3. The molecule has 2 unspecified atom stereocenters. The lowest BCUT2D eigenvalue weighted by atomic mass is 10.2. The summed E-state index contributed by atoms with van der Waals surface area (Å²) in [5.41, 5.74) is 0.578. The number of ether oxygens (including phenoxy) is 1. The molecule has 2 amide bonds. The predicted molar refractivity (Wildman–Crippen MR) is 82.1 cm³/mol. The second kappa shape index (κ2) is 7.17. The molecule has 1 aliphatic rings. The topological polar surface area (TPSA) is 105 Å². The molecule has 1 aromatic carbocycles. The maximum atomic E-state index is 12.0. The highest BCUT2D eigenvalue weighted by Gasteiger charge is 2.33. The lowest BCUT2D eigenvalue weighted by Gasteiger charge is -2.25. The molecule has 8 heteroatoms. The molecule has 0 aromatic heterocycles. The number of methoxy groups -OCH3 is 1. The number of carbonyl (C=O) groups excluding carboxylic acids is 2. The van der Waals surface area contributed by atoms with Crippen LogP contribution in [-0.4, -0.2) is 47.0 Å². The van der Waals surface area contributed by atoms with E-state index < -0.39 is 23.2 Å². The van der Waals surface area contributed by atoms with E-state index in [9.17, 15) is 14.4 Å². The molecule has 1 aliphatic heterocycles. The van der Waals surface area contributed by atoms with Gasteiger partial charge in [-0.2, -0.15) is 0 Å². The van der Waals surface area contributed by atoms with Crippen molar-refractivity contribution in [3.8, 4) is 5.75 Å². The molecule has 1 aromatic rings. The van der Waals surface area contributed by atoms with Gasteiger partial charge in [0.1, 0.15) is 11.8 Å². The number of carboxylic acid groups (broad SMARTS) is 1. The first-order valence-electron chi connectivity index (χ1n) is 6.58. The zero-order valence-corrected chi connectivity index (χ0v) is 12.7. The number of hydrogen-bond acceptors (Lipinski definition) is 5. The molecule has 1 heterocycles. The molecule has 2 atom stereocenters. The Hall–Kier alpha value is -2.22. The van der Waals surface area contributed by atoms with Crippen molar-refractivity contribution < 1.29 is 24.2 Å². The molecule has 1 saturated heterocycles. The minimum absolute atomic E-state index is 0.0138. The predicted octanol–water partition coefficient (Wildman–Crippen LogP) is 0.709. The second-order valence-electron chi connectivity index (χ2n) is 4.71. The van der Waals surface area contributed by atoms with Crippen molar-refractivity contribution in [2.24, 2.45) is 0 Å². The summed E-state index contributed by atoms with van der Waals surface area (Å²) in [7, 11) is 1.53. The van der Waals surface area contributed by atoms with Crippen molar-refractivity contribution in [2.45, 2.75) is 17.7 Å². The molecule has 0 aliphatic carbocycles. The summed E-state index contributed by atoms with van der Waals surface area (Å²) in [4.78, 5) is 34.6. The van der Waals surface area contributed by atoms with Gasteiger partial charge in [-0.15, -0.1) is 11.8 Å². The average molecular weight is 324 g/mol. The summed E-state index contributed by atoms with van der Waals surface area (Å²) in [6.45, 7) is 0. The Morgan fingerprint density at radius 3 is 2.91 bits per heavy atom. The van der Waals surface area contributed by atoms with Crippen LogP contribution in [0.1, 0.15) is 6.42 Å². The van der Waals surface area contributed by atoms with E-state index in [0.717, 1.165) is 0 Å². The summed E-state index contributed by atoms with van der Waals surface area (Å²) in [6.07, 6.45) is -0.0138. The lowest BCUT2D eigenvalue weighted by Crippen LogP contribution is -2.51. The quantitative estimate of drug-likeness (QED) is 0.737. The number of aliphatic carboxylic acids is 1. The molecule has 0 spiro atoms. The Bertz CT molecular complexity index is 592. The van der Waals surface area contributed by atoms with Crippen LogP contribution in [0.4, 0.5) is 5.69 Å². The van der Waals surface area contributed by atoms with Crippen LogP contribution in [0.5, 0.6) is 5.75 Å². The van der Waals surface area contributed by atoms with E-state index in [-0.39, 0.29) is 18.1 Å². The molecule has 3 N–H and O–H groups in total. The average Bonchev–Trinajstić information content (AvgIpc) is 2.49. The van der Waals surface area contributed by atoms with Crippen molar-refractivity contribution in [1.29, 1.82) is 0 Å². The van der Waals surface area contributed by atoms with Gasteiger partial charge >= 0.3 is 5.97 Å². The maximum absolute atomic E-state index is 12.0. The Kier molecular flexibility index (Phi) is 5.26. The summed E-state index contributed by atoms with van der Waals surface area (Å²) in [5, 5.41) is 13.4. The Balaban J connectivity index is 1.89. The molecule has 0 bridgehead atoms. The van der Waals surface area contributed by atoms with Gasteiger partial charge in [0.15, 0.2) is 0 Å².